The smallest absolute Gasteiger partial charge is 0.238 e. The minimum atomic E-state index is -0.0560. The van der Waals surface area contributed by atoms with E-state index in [4.69, 9.17) is 22.7 Å². The molecule has 0 saturated carbocycles. The van der Waals surface area contributed by atoms with Crippen molar-refractivity contribution in [3.63, 3.8) is 0 Å². The van der Waals surface area contributed by atoms with Crippen molar-refractivity contribution in [3.8, 4) is 0 Å². The quantitative estimate of drug-likeness (QED) is 0.792. The Morgan fingerprint density at radius 3 is 3.05 bits per heavy atom. The number of amides is 1. The van der Waals surface area contributed by atoms with E-state index in [1.165, 1.54) is 0 Å². The molecular weight excluding hydrogens is 274 g/mol. The highest BCUT2D eigenvalue weighted by atomic mass is 32.1. The van der Waals surface area contributed by atoms with Gasteiger partial charge >= 0.3 is 0 Å². The van der Waals surface area contributed by atoms with Gasteiger partial charge in [-0.3, -0.25) is 9.69 Å². The lowest BCUT2D eigenvalue weighted by Crippen LogP contribution is -2.38. The van der Waals surface area contributed by atoms with E-state index in [-0.39, 0.29) is 5.91 Å². The van der Waals surface area contributed by atoms with Gasteiger partial charge in [-0.1, -0.05) is 24.4 Å². The first kappa shape index (κ1) is 14.9. The summed E-state index contributed by atoms with van der Waals surface area (Å²) in [6, 6.07) is 7.55. The van der Waals surface area contributed by atoms with Crippen LogP contribution in [0.5, 0.6) is 0 Å². The van der Waals surface area contributed by atoms with Gasteiger partial charge in [0.2, 0.25) is 5.91 Å². The molecule has 0 radical (unpaired) electrons. The highest BCUT2D eigenvalue weighted by Gasteiger charge is 2.21. The molecule has 108 valence electrons. The number of rotatable bonds is 5. The van der Waals surface area contributed by atoms with Crippen LogP contribution in [0.15, 0.2) is 24.3 Å². The molecule has 1 heterocycles. The molecular formula is C14H19N3O2S. The molecule has 0 bridgehead atoms. The molecule has 6 heteroatoms. The Morgan fingerprint density at radius 1 is 1.60 bits per heavy atom. The van der Waals surface area contributed by atoms with Crippen LogP contribution in [0.2, 0.25) is 0 Å². The first-order valence-corrected chi connectivity index (χ1v) is 6.95. The van der Waals surface area contributed by atoms with Crippen molar-refractivity contribution in [1.29, 1.82) is 0 Å². The second-order valence-electron chi connectivity index (χ2n) is 4.93. The average molecular weight is 293 g/mol. The molecule has 0 aliphatic carbocycles. The van der Waals surface area contributed by atoms with E-state index in [0.717, 1.165) is 18.6 Å². The third kappa shape index (κ3) is 4.00. The maximum Gasteiger partial charge on any atom is 0.238 e. The van der Waals surface area contributed by atoms with Crippen LogP contribution in [0.3, 0.4) is 0 Å². The number of hydrogen-bond donors (Lipinski definition) is 2. The molecule has 1 aromatic carbocycles. The van der Waals surface area contributed by atoms with Gasteiger partial charge in [-0.2, -0.15) is 0 Å². The number of nitrogens with two attached hydrogens (primary N) is 1. The number of carbonyl (C=O) groups is 1. The molecule has 1 atom stereocenters. The number of ether oxygens (including phenoxy) is 1. The minimum Gasteiger partial charge on any atom is -0.389 e. The van der Waals surface area contributed by atoms with Crippen LogP contribution < -0.4 is 11.1 Å². The van der Waals surface area contributed by atoms with Gasteiger partial charge in [0.25, 0.3) is 0 Å². The Labute approximate surface area is 124 Å². The summed E-state index contributed by atoms with van der Waals surface area (Å²) >= 11 is 4.92. The Hall–Kier alpha value is -1.50. The van der Waals surface area contributed by atoms with Crippen molar-refractivity contribution >= 4 is 28.8 Å². The van der Waals surface area contributed by atoms with E-state index >= 15 is 0 Å². The van der Waals surface area contributed by atoms with Gasteiger partial charge in [-0.25, -0.2) is 0 Å². The van der Waals surface area contributed by atoms with Crippen molar-refractivity contribution in [3.05, 3.63) is 29.8 Å². The van der Waals surface area contributed by atoms with Crippen LogP contribution in [-0.2, 0) is 9.53 Å². The van der Waals surface area contributed by atoms with Crippen LogP contribution in [0.4, 0.5) is 5.69 Å². The fraction of sp³-hybridized carbons (Fsp3) is 0.429. The summed E-state index contributed by atoms with van der Waals surface area (Å²) in [5, 5.41) is 2.85. The molecule has 20 heavy (non-hydrogen) atoms. The van der Waals surface area contributed by atoms with Crippen molar-refractivity contribution in [1.82, 2.24) is 4.90 Å². The van der Waals surface area contributed by atoms with E-state index < -0.39 is 0 Å². The minimum absolute atomic E-state index is 0.0560. The fourth-order valence-corrected chi connectivity index (χ4v) is 2.30. The van der Waals surface area contributed by atoms with Crippen molar-refractivity contribution < 1.29 is 9.53 Å². The summed E-state index contributed by atoms with van der Waals surface area (Å²) in [6.07, 6.45) is 0.973. The number of nitrogens with one attached hydrogen (secondary N) is 1. The number of nitrogens with zero attached hydrogens (tertiary/aromatic N) is 1. The number of hydrogen-bond acceptors (Lipinski definition) is 4. The molecule has 1 aromatic rings. The molecule has 0 aromatic heterocycles. The lowest BCUT2D eigenvalue weighted by Gasteiger charge is -2.22. The molecule has 5 nitrogen and oxygen atoms in total. The first-order valence-electron chi connectivity index (χ1n) is 6.54. The predicted molar refractivity (Wildman–Crippen MR) is 82.8 cm³/mol. The molecule has 1 aliphatic heterocycles. The molecule has 2 rings (SSSR count). The Balaban J connectivity index is 1.90. The summed E-state index contributed by atoms with van der Waals surface area (Å²) in [5.74, 6) is -0.0560. The van der Waals surface area contributed by atoms with Crippen LogP contribution in [0.1, 0.15) is 12.0 Å². The molecule has 1 unspecified atom stereocenters. The van der Waals surface area contributed by atoms with Crippen LogP contribution in [-0.4, -0.2) is 48.6 Å². The summed E-state index contributed by atoms with van der Waals surface area (Å²) in [7, 11) is 1.93. The number of benzene rings is 1. The average Bonchev–Trinajstić information content (AvgIpc) is 2.92. The molecule has 3 N–H and O–H groups in total. The molecule has 1 aliphatic rings. The van der Waals surface area contributed by atoms with Crippen LogP contribution >= 0.6 is 12.2 Å². The van der Waals surface area contributed by atoms with Crippen LogP contribution in [0, 0.1) is 0 Å². The number of anilines is 1. The standard InChI is InChI=1S/C14H19N3O2S/c1-17(12-5-6-19-9-12)8-13(18)16-11-4-2-3-10(7-11)14(15)20/h2-4,7,12H,5-6,8-9H2,1H3,(H2,15,20)(H,16,18). The Bertz CT molecular complexity index is 501. The van der Waals surface area contributed by atoms with Gasteiger partial charge in [0.05, 0.1) is 13.2 Å². The second-order valence-corrected chi connectivity index (χ2v) is 5.37. The Morgan fingerprint density at radius 2 is 2.40 bits per heavy atom. The topological polar surface area (TPSA) is 67.6 Å². The van der Waals surface area contributed by atoms with Crippen LogP contribution in [0.25, 0.3) is 0 Å². The number of likely N-dealkylation sites (N-methyl/N-ethyl adjacent to an activating group) is 1. The van der Waals surface area contributed by atoms with E-state index in [0.29, 0.717) is 29.9 Å². The van der Waals surface area contributed by atoms with Gasteiger partial charge in [-0.05, 0) is 25.6 Å². The summed E-state index contributed by atoms with van der Waals surface area (Å²) in [4.78, 5) is 14.3. The van der Waals surface area contributed by atoms with Crippen molar-refractivity contribution in [2.45, 2.75) is 12.5 Å². The highest BCUT2D eigenvalue weighted by molar-refractivity contribution is 7.80. The van der Waals surface area contributed by atoms with Gasteiger partial charge < -0.3 is 15.8 Å². The summed E-state index contributed by atoms with van der Waals surface area (Å²) in [5.41, 5.74) is 7.02. The number of carbonyl (C=O) groups excluding carboxylic acids is 1. The monoisotopic (exact) mass is 293 g/mol. The largest absolute Gasteiger partial charge is 0.389 e. The highest BCUT2D eigenvalue weighted by Crippen LogP contribution is 2.12. The van der Waals surface area contributed by atoms with E-state index in [1.807, 2.05) is 30.1 Å². The molecule has 1 saturated heterocycles. The Kier molecular flexibility index (Phi) is 5.05. The third-order valence-corrected chi connectivity index (χ3v) is 3.59. The van der Waals surface area contributed by atoms with E-state index in [9.17, 15) is 4.79 Å². The van der Waals surface area contributed by atoms with Gasteiger partial charge in [0.1, 0.15) is 4.99 Å². The van der Waals surface area contributed by atoms with Crippen molar-refractivity contribution in [2.75, 3.05) is 32.1 Å². The molecule has 0 spiro atoms. The fourth-order valence-electron chi connectivity index (χ4n) is 2.18. The maximum atomic E-state index is 12.0. The third-order valence-electron chi connectivity index (χ3n) is 3.35. The zero-order chi connectivity index (χ0) is 14.5. The van der Waals surface area contributed by atoms with Gasteiger partial charge in [0.15, 0.2) is 0 Å². The maximum absolute atomic E-state index is 12.0. The summed E-state index contributed by atoms with van der Waals surface area (Å²) < 4.78 is 5.32. The number of thiocarbonyl (C=S) groups is 1. The predicted octanol–water partition coefficient (Wildman–Crippen LogP) is 0.980. The lowest BCUT2D eigenvalue weighted by atomic mass is 10.2. The van der Waals surface area contributed by atoms with E-state index in [2.05, 4.69) is 5.32 Å². The SMILES string of the molecule is CN(CC(=O)Nc1cccc(C(N)=S)c1)C1CCOC1. The first-order chi connectivity index (χ1) is 9.56. The van der Waals surface area contributed by atoms with Gasteiger partial charge in [0, 0.05) is 23.9 Å². The van der Waals surface area contributed by atoms with Crippen molar-refractivity contribution in [2.24, 2.45) is 5.73 Å². The normalized spacial score (nSPS) is 18.2. The summed E-state index contributed by atoms with van der Waals surface area (Å²) in [6.45, 7) is 1.80. The lowest BCUT2D eigenvalue weighted by molar-refractivity contribution is -0.117. The molecule has 1 amide bonds. The molecule has 1 fully saturated rings. The van der Waals surface area contributed by atoms with Gasteiger partial charge in [-0.15, -0.1) is 0 Å². The zero-order valence-electron chi connectivity index (χ0n) is 11.5. The zero-order valence-corrected chi connectivity index (χ0v) is 12.3. The second kappa shape index (κ2) is 6.78. The van der Waals surface area contributed by atoms with E-state index in [1.54, 1.807) is 6.07 Å².